The molecule has 0 spiro atoms. The van der Waals surface area contributed by atoms with Gasteiger partial charge in [-0.2, -0.15) is 0 Å². The molecule has 0 bridgehead atoms. The summed E-state index contributed by atoms with van der Waals surface area (Å²) < 4.78 is 0. The van der Waals surface area contributed by atoms with Gasteiger partial charge in [0.2, 0.25) is 0 Å². The molecule has 21 heavy (non-hydrogen) atoms. The Balaban J connectivity index is 2.35. The molecule has 2 rings (SSSR count). The quantitative estimate of drug-likeness (QED) is 0.908. The molecule has 0 radical (unpaired) electrons. The van der Waals surface area contributed by atoms with Gasteiger partial charge in [0.25, 0.3) is 0 Å². The fraction of sp³-hybridized carbons (Fsp3) is 0.333. The summed E-state index contributed by atoms with van der Waals surface area (Å²) in [6.07, 6.45) is 3.84. The SMILES string of the molecule is CC(C)c1ccc(C(C)(Cc2ccncc2)C(=O)O)cc1. The summed E-state index contributed by atoms with van der Waals surface area (Å²) in [5.41, 5.74) is 2.09. The highest BCUT2D eigenvalue weighted by molar-refractivity contribution is 5.81. The van der Waals surface area contributed by atoms with Crippen LogP contribution in [0.25, 0.3) is 0 Å². The molecule has 2 aromatic rings. The van der Waals surface area contributed by atoms with E-state index in [2.05, 4.69) is 18.8 Å². The number of aromatic nitrogens is 1. The van der Waals surface area contributed by atoms with Crippen LogP contribution in [0.15, 0.2) is 48.8 Å². The Hall–Kier alpha value is -2.16. The second-order valence-corrected chi connectivity index (χ2v) is 5.95. The van der Waals surface area contributed by atoms with E-state index in [0.717, 1.165) is 11.1 Å². The number of aliphatic carboxylic acids is 1. The molecular formula is C18H21NO2. The van der Waals surface area contributed by atoms with E-state index in [1.807, 2.05) is 36.4 Å². The summed E-state index contributed by atoms with van der Waals surface area (Å²) in [5.74, 6) is -0.369. The normalized spacial score (nSPS) is 13.9. The van der Waals surface area contributed by atoms with Crippen LogP contribution in [0.2, 0.25) is 0 Å². The van der Waals surface area contributed by atoms with Crippen LogP contribution in [0, 0.1) is 0 Å². The van der Waals surface area contributed by atoms with Gasteiger partial charge >= 0.3 is 5.97 Å². The topological polar surface area (TPSA) is 50.2 Å². The van der Waals surface area contributed by atoms with Gasteiger partial charge in [0.15, 0.2) is 0 Å². The Morgan fingerprint density at radius 1 is 1.14 bits per heavy atom. The van der Waals surface area contributed by atoms with Gasteiger partial charge in [0.1, 0.15) is 0 Å². The molecule has 1 unspecified atom stereocenters. The van der Waals surface area contributed by atoms with Crippen LogP contribution in [-0.2, 0) is 16.6 Å². The number of hydrogen-bond donors (Lipinski definition) is 1. The first-order valence-corrected chi connectivity index (χ1v) is 7.16. The van der Waals surface area contributed by atoms with Gasteiger partial charge in [-0.05, 0) is 48.1 Å². The molecule has 1 aromatic heterocycles. The zero-order valence-electron chi connectivity index (χ0n) is 12.7. The lowest BCUT2D eigenvalue weighted by Crippen LogP contribution is -2.34. The highest BCUT2D eigenvalue weighted by atomic mass is 16.4. The molecule has 3 nitrogen and oxygen atoms in total. The smallest absolute Gasteiger partial charge is 0.314 e. The van der Waals surface area contributed by atoms with Gasteiger partial charge < -0.3 is 5.11 Å². The predicted molar refractivity (Wildman–Crippen MR) is 83.5 cm³/mol. The minimum absolute atomic E-state index is 0.440. The lowest BCUT2D eigenvalue weighted by atomic mass is 9.77. The minimum atomic E-state index is -0.934. The van der Waals surface area contributed by atoms with Crippen LogP contribution in [0.1, 0.15) is 43.4 Å². The van der Waals surface area contributed by atoms with Crippen LogP contribution in [0.5, 0.6) is 0 Å². The molecule has 0 saturated carbocycles. The molecule has 0 aliphatic rings. The number of nitrogens with zero attached hydrogens (tertiary/aromatic N) is 1. The van der Waals surface area contributed by atoms with Crippen molar-refractivity contribution in [1.82, 2.24) is 4.98 Å². The largest absolute Gasteiger partial charge is 0.481 e. The summed E-state index contributed by atoms with van der Waals surface area (Å²) >= 11 is 0. The van der Waals surface area contributed by atoms with E-state index in [1.54, 1.807) is 19.3 Å². The molecule has 0 fully saturated rings. The molecule has 0 saturated heterocycles. The Bertz CT molecular complexity index is 605. The zero-order valence-corrected chi connectivity index (χ0v) is 12.7. The van der Waals surface area contributed by atoms with E-state index in [1.165, 1.54) is 5.56 Å². The number of benzene rings is 1. The lowest BCUT2D eigenvalue weighted by Gasteiger charge is -2.26. The van der Waals surface area contributed by atoms with Crippen LogP contribution < -0.4 is 0 Å². The van der Waals surface area contributed by atoms with Gasteiger partial charge in [0, 0.05) is 12.4 Å². The minimum Gasteiger partial charge on any atom is -0.481 e. The number of carbonyl (C=O) groups is 1. The third kappa shape index (κ3) is 3.30. The number of carboxylic acids is 1. The Labute approximate surface area is 125 Å². The molecule has 1 heterocycles. The third-order valence-electron chi connectivity index (χ3n) is 3.99. The van der Waals surface area contributed by atoms with Crippen molar-refractivity contribution in [3.63, 3.8) is 0 Å². The second kappa shape index (κ2) is 6.08. The van der Waals surface area contributed by atoms with Crippen molar-refractivity contribution in [2.45, 2.75) is 38.5 Å². The Morgan fingerprint density at radius 2 is 1.71 bits per heavy atom. The van der Waals surface area contributed by atoms with Crippen molar-refractivity contribution < 1.29 is 9.90 Å². The summed E-state index contributed by atoms with van der Waals surface area (Å²) in [7, 11) is 0. The van der Waals surface area contributed by atoms with Gasteiger partial charge in [0.05, 0.1) is 5.41 Å². The van der Waals surface area contributed by atoms with Crippen LogP contribution >= 0.6 is 0 Å². The first kappa shape index (κ1) is 15.2. The molecular weight excluding hydrogens is 262 g/mol. The average Bonchev–Trinajstić information content (AvgIpc) is 2.48. The first-order chi connectivity index (χ1) is 9.93. The highest BCUT2D eigenvalue weighted by Crippen LogP contribution is 2.30. The Morgan fingerprint density at radius 3 is 2.19 bits per heavy atom. The van der Waals surface area contributed by atoms with Crippen molar-refractivity contribution in [3.8, 4) is 0 Å². The average molecular weight is 283 g/mol. The molecule has 0 aliphatic carbocycles. The number of pyridine rings is 1. The summed E-state index contributed by atoms with van der Waals surface area (Å²) in [6, 6.07) is 11.6. The van der Waals surface area contributed by atoms with Crippen molar-refractivity contribution >= 4 is 5.97 Å². The Kier molecular flexibility index (Phi) is 4.41. The van der Waals surface area contributed by atoms with Crippen LogP contribution in [0.3, 0.4) is 0 Å². The van der Waals surface area contributed by atoms with Gasteiger partial charge in [-0.1, -0.05) is 38.1 Å². The molecule has 0 amide bonds. The maximum atomic E-state index is 11.8. The molecule has 3 heteroatoms. The third-order valence-corrected chi connectivity index (χ3v) is 3.99. The summed E-state index contributed by atoms with van der Waals surface area (Å²) in [5, 5.41) is 9.71. The monoisotopic (exact) mass is 283 g/mol. The van der Waals surface area contributed by atoms with Crippen molar-refractivity contribution in [2.75, 3.05) is 0 Å². The van der Waals surface area contributed by atoms with E-state index in [4.69, 9.17) is 0 Å². The van der Waals surface area contributed by atoms with E-state index < -0.39 is 11.4 Å². The maximum Gasteiger partial charge on any atom is 0.314 e. The van der Waals surface area contributed by atoms with E-state index in [9.17, 15) is 9.90 Å². The number of rotatable bonds is 5. The van der Waals surface area contributed by atoms with E-state index >= 15 is 0 Å². The van der Waals surface area contributed by atoms with Crippen molar-refractivity contribution in [3.05, 3.63) is 65.5 Å². The van der Waals surface area contributed by atoms with Gasteiger partial charge in [-0.3, -0.25) is 9.78 Å². The highest BCUT2D eigenvalue weighted by Gasteiger charge is 2.35. The first-order valence-electron chi connectivity index (χ1n) is 7.16. The molecule has 0 aliphatic heterocycles. The number of carboxylic acid groups (broad SMARTS) is 1. The van der Waals surface area contributed by atoms with E-state index in [0.29, 0.717) is 12.3 Å². The van der Waals surface area contributed by atoms with E-state index in [-0.39, 0.29) is 0 Å². The second-order valence-electron chi connectivity index (χ2n) is 5.95. The molecule has 110 valence electrons. The summed E-state index contributed by atoms with van der Waals surface area (Å²) in [4.78, 5) is 15.8. The zero-order chi connectivity index (χ0) is 15.5. The van der Waals surface area contributed by atoms with Gasteiger partial charge in [-0.15, -0.1) is 0 Å². The standard InChI is InChI=1S/C18H21NO2/c1-13(2)15-4-6-16(7-5-15)18(3,17(20)21)12-14-8-10-19-11-9-14/h4-11,13H,12H2,1-3H3,(H,20,21). The molecule has 1 atom stereocenters. The fourth-order valence-electron chi connectivity index (χ4n) is 2.45. The summed E-state index contributed by atoms with van der Waals surface area (Å²) in [6.45, 7) is 6.03. The number of hydrogen-bond acceptors (Lipinski definition) is 2. The predicted octanol–water partition coefficient (Wildman–Crippen LogP) is 3.79. The van der Waals surface area contributed by atoms with Crippen LogP contribution in [0.4, 0.5) is 0 Å². The van der Waals surface area contributed by atoms with Crippen molar-refractivity contribution in [2.24, 2.45) is 0 Å². The molecule has 1 aromatic carbocycles. The lowest BCUT2D eigenvalue weighted by molar-refractivity contribution is -0.143. The van der Waals surface area contributed by atoms with Gasteiger partial charge in [-0.25, -0.2) is 0 Å². The maximum absolute atomic E-state index is 11.8. The molecule has 1 N–H and O–H groups in total. The fourth-order valence-corrected chi connectivity index (χ4v) is 2.45. The van der Waals surface area contributed by atoms with Crippen molar-refractivity contribution in [1.29, 1.82) is 0 Å². The van der Waals surface area contributed by atoms with Crippen LogP contribution in [-0.4, -0.2) is 16.1 Å².